The maximum Gasteiger partial charge on any atom is 0.249 e. The molecule has 31 heavy (non-hydrogen) atoms. The standard InChI is InChI=1S/C24H29N3O4/c1-17(2)27(22(28)16-29-4)15-19-23(18-11-7-6-8-12-18)25-26(3)24(19)31-21-14-10-9-13-20(21)30-5/h6-14,17H,15-16H2,1-5H3. The molecule has 1 heterocycles. The van der Waals surface area contributed by atoms with E-state index < -0.39 is 0 Å². The fraction of sp³-hybridized carbons (Fsp3) is 0.333. The number of aryl methyl sites for hydroxylation is 1. The minimum absolute atomic E-state index is 0.0157. The molecule has 0 fully saturated rings. The molecule has 0 aliphatic rings. The number of methoxy groups -OCH3 is 2. The lowest BCUT2D eigenvalue weighted by molar-refractivity contribution is -0.137. The molecule has 0 saturated carbocycles. The predicted octanol–water partition coefficient (Wildman–Crippen LogP) is 4.27. The van der Waals surface area contributed by atoms with E-state index >= 15 is 0 Å². The Labute approximate surface area is 183 Å². The van der Waals surface area contributed by atoms with Crippen molar-refractivity contribution in [3.8, 4) is 28.6 Å². The third-order valence-electron chi connectivity index (χ3n) is 4.95. The monoisotopic (exact) mass is 423 g/mol. The lowest BCUT2D eigenvalue weighted by Gasteiger charge is -2.27. The molecule has 7 nitrogen and oxygen atoms in total. The van der Waals surface area contributed by atoms with E-state index in [-0.39, 0.29) is 18.6 Å². The molecule has 0 unspecified atom stereocenters. The van der Waals surface area contributed by atoms with Crippen molar-refractivity contribution < 1.29 is 19.0 Å². The first-order valence-electron chi connectivity index (χ1n) is 10.2. The zero-order valence-electron chi connectivity index (χ0n) is 18.7. The van der Waals surface area contributed by atoms with Gasteiger partial charge >= 0.3 is 0 Å². The summed E-state index contributed by atoms with van der Waals surface area (Å²) in [6.07, 6.45) is 0. The largest absolute Gasteiger partial charge is 0.493 e. The highest BCUT2D eigenvalue weighted by Gasteiger charge is 2.26. The van der Waals surface area contributed by atoms with Gasteiger partial charge in [-0.3, -0.25) is 4.79 Å². The maximum absolute atomic E-state index is 12.7. The number of carbonyl (C=O) groups excluding carboxylic acids is 1. The van der Waals surface area contributed by atoms with E-state index in [1.807, 2.05) is 75.5 Å². The molecule has 2 aromatic carbocycles. The Hall–Kier alpha value is -3.32. The molecule has 1 amide bonds. The second-order valence-electron chi connectivity index (χ2n) is 7.42. The molecule has 0 bridgehead atoms. The number of nitrogens with zero attached hydrogens (tertiary/aromatic N) is 3. The van der Waals surface area contributed by atoms with Crippen molar-refractivity contribution in [2.75, 3.05) is 20.8 Å². The average Bonchev–Trinajstić information content (AvgIpc) is 3.08. The third kappa shape index (κ3) is 5.06. The molecule has 0 aliphatic heterocycles. The zero-order valence-corrected chi connectivity index (χ0v) is 18.7. The van der Waals surface area contributed by atoms with E-state index in [4.69, 9.17) is 19.3 Å². The van der Waals surface area contributed by atoms with Gasteiger partial charge in [0.2, 0.25) is 11.8 Å². The van der Waals surface area contributed by atoms with E-state index in [1.54, 1.807) is 16.7 Å². The lowest BCUT2D eigenvalue weighted by atomic mass is 10.1. The summed E-state index contributed by atoms with van der Waals surface area (Å²) in [5.41, 5.74) is 2.53. The minimum Gasteiger partial charge on any atom is -0.493 e. The normalized spacial score (nSPS) is 10.9. The lowest BCUT2D eigenvalue weighted by Crippen LogP contribution is -2.38. The Balaban J connectivity index is 2.10. The van der Waals surface area contributed by atoms with Gasteiger partial charge in [-0.05, 0) is 26.0 Å². The molecule has 3 aromatic rings. The van der Waals surface area contributed by atoms with Crippen LogP contribution in [0.1, 0.15) is 19.4 Å². The Bertz CT molecular complexity index is 1010. The van der Waals surface area contributed by atoms with Gasteiger partial charge in [0, 0.05) is 25.8 Å². The molecule has 0 aliphatic carbocycles. The van der Waals surface area contributed by atoms with Gasteiger partial charge in [-0.25, -0.2) is 4.68 Å². The summed E-state index contributed by atoms with van der Waals surface area (Å²) in [6, 6.07) is 17.3. The molecule has 3 rings (SSSR count). The number of carbonyl (C=O) groups is 1. The highest BCUT2D eigenvalue weighted by molar-refractivity contribution is 5.78. The highest BCUT2D eigenvalue weighted by Crippen LogP contribution is 2.37. The first-order chi connectivity index (χ1) is 15.0. The van der Waals surface area contributed by atoms with Crippen LogP contribution < -0.4 is 9.47 Å². The molecule has 0 spiro atoms. The second-order valence-corrected chi connectivity index (χ2v) is 7.42. The number of rotatable bonds is 9. The van der Waals surface area contributed by atoms with Crippen molar-refractivity contribution in [2.24, 2.45) is 7.05 Å². The van der Waals surface area contributed by atoms with Crippen molar-refractivity contribution in [1.29, 1.82) is 0 Å². The highest BCUT2D eigenvalue weighted by atomic mass is 16.5. The van der Waals surface area contributed by atoms with Gasteiger partial charge in [0.25, 0.3) is 0 Å². The number of para-hydroxylation sites is 2. The Kier molecular flexibility index (Phi) is 7.31. The van der Waals surface area contributed by atoms with E-state index in [9.17, 15) is 4.79 Å². The maximum atomic E-state index is 12.7. The summed E-state index contributed by atoms with van der Waals surface area (Å²) in [5, 5.41) is 4.73. The van der Waals surface area contributed by atoms with Crippen molar-refractivity contribution in [2.45, 2.75) is 26.4 Å². The van der Waals surface area contributed by atoms with Crippen LogP contribution in [-0.2, 0) is 23.1 Å². The summed E-state index contributed by atoms with van der Waals surface area (Å²) < 4.78 is 18.5. The van der Waals surface area contributed by atoms with Gasteiger partial charge in [-0.2, -0.15) is 5.10 Å². The first-order valence-corrected chi connectivity index (χ1v) is 10.2. The molecule has 1 aromatic heterocycles. The molecule has 0 saturated heterocycles. The quantitative estimate of drug-likeness (QED) is 0.514. The molecule has 0 atom stereocenters. The summed E-state index contributed by atoms with van der Waals surface area (Å²) >= 11 is 0. The number of aromatic nitrogens is 2. The van der Waals surface area contributed by atoms with E-state index in [1.165, 1.54) is 7.11 Å². The molecule has 7 heteroatoms. The Morgan fingerprint density at radius 3 is 2.29 bits per heavy atom. The molecular formula is C24H29N3O4. The van der Waals surface area contributed by atoms with Crippen LogP contribution in [0.15, 0.2) is 54.6 Å². The topological polar surface area (TPSA) is 65.8 Å². The van der Waals surface area contributed by atoms with Crippen LogP contribution in [0.4, 0.5) is 0 Å². The van der Waals surface area contributed by atoms with Crippen LogP contribution in [-0.4, -0.2) is 47.5 Å². The van der Waals surface area contributed by atoms with Gasteiger partial charge in [-0.1, -0.05) is 42.5 Å². The van der Waals surface area contributed by atoms with Gasteiger partial charge in [0.15, 0.2) is 11.5 Å². The predicted molar refractivity (Wildman–Crippen MR) is 119 cm³/mol. The second kappa shape index (κ2) is 10.1. The number of benzene rings is 2. The third-order valence-corrected chi connectivity index (χ3v) is 4.95. The first kappa shape index (κ1) is 22.4. The molecular weight excluding hydrogens is 394 g/mol. The van der Waals surface area contributed by atoms with Crippen LogP contribution >= 0.6 is 0 Å². The average molecular weight is 424 g/mol. The van der Waals surface area contributed by atoms with Crippen molar-refractivity contribution in [3.05, 3.63) is 60.2 Å². The summed E-state index contributed by atoms with van der Waals surface area (Å²) in [7, 11) is 4.95. The Morgan fingerprint density at radius 1 is 1.03 bits per heavy atom. The van der Waals surface area contributed by atoms with E-state index in [0.717, 1.165) is 16.8 Å². The van der Waals surface area contributed by atoms with Crippen molar-refractivity contribution in [3.63, 3.8) is 0 Å². The molecule has 0 N–H and O–H groups in total. The number of ether oxygens (including phenoxy) is 3. The van der Waals surface area contributed by atoms with Crippen LogP contribution in [0.3, 0.4) is 0 Å². The summed E-state index contributed by atoms with van der Waals surface area (Å²) in [5.74, 6) is 1.66. The summed E-state index contributed by atoms with van der Waals surface area (Å²) in [6.45, 7) is 4.31. The van der Waals surface area contributed by atoms with E-state index in [2.05, 4.69) is 0 Å². The minimum atomic E-state index is -0.0939. The van der Waals surface area contributed by atoms with Crippen LogP contribution in [0, 0.1) is 0 Å². The van der Waals surface area contributed by atoms with E-state index in [0.29, 0.717) is 23.9 Å². The van der Waals surface area contributed by atoms with Crippen molar-refractivity contribution >= 4 is 5.91 Å². The van der Waals surface area contributed by atoms with Gasteiger partial charge in [-0.15, -0.1) is 0 Å². The van der Waals surface area contributed by atoms with Gasteiger partial charge in [0.1, 0.15) is 12.3 Å². The van der Waals surface area contributed by atoms with Crippen LogP contribution in [0.2, 0.25) is 0 Å². The number of amides is 1. The van der Waals surface area contributed by atoms with Crippen molar-refractivity contribution in [1.82, 2.24) is 14.7 Å². The SMILES string of the molecule is COCC(=O)N(Cc1c(-c2ccccc2)nn(C)c1Oc1ccccc1OC)C(C)C. The number of hydrogen-bond donors (Lipinski definition) is 0. The van der Waals surface area contributed by atoms with Gasteiger partial charge in [0.05, 0.1) is 19.2 Å². The molecule has 0 radical (unpaired) electrons. The van der Waals surface area contributed by atoms with Crippen LogP contribution in [0.25, 0.3) is 11.3 Å². The zero-order chi connectivity index (χ0) is 22.4. The van der Waals surface area contributed by atoms with Gasteiger partial charge < -0.3 is 19.1 Å². The fourth-order valence-corrected chi connectivity index (χ4v) is 3.39. The smallest absolute Gasteiger partial charge is 0.249 e. The molecule has 164 valence electrons. The van der Waals surface area contributed by atoms with Crippen LogP contribution in [0.5, 0.6) is 17.4 Å². The summed E-state index contributed by atoms with van der Waals surface area (Å²) in [4.78, 5) is 14.5. The fourth-order valence-electron chi connectivity index (χ4n) is 3.39. The number of hydrogen-bond acceptors (Lipinski definition) is 5. The Morgan fingerprint density at radius 2 is 1.68 bits per heavy atom.